The molecular weight excluding hydrogens is 318 g/mol. The second kappa shape index (κ2) is 5.33. The molecule has 2 heterocycles. The van der Waals surface area contributed by atoms with Gasteiger partial charge in [-0.1, -0.05) is 13.0 Å². The zero-order chi connectivity index (χ0) is 17.3. The van der Waals surface area contributed by atoms with Gasteiger partial charge < -0.3 is 9.80 Å². The highest BCUT2D eigenvalue weighted by Gasteiger charge is 2.40. The monoisotopic (exact) mass is 342 g/mol. The lowest BCUT2D eigenvalue weighted by Crippen LogP contribution is -2.28. The van der Waals surface area contributed by atoms with E-state index in [1.807, 2.05) is 22.9 Å². The molecule has 1 saturated heterocycles. The standard InChI is InChI=1S/C21H24F2N2/c1-12-9-25(16-6-7-16)20-17(13(12)2)8-18(22)21(19(20)23)24-10-14-4-3-5-15(14)11-24/h8-9,14-16H,2-7,10-11H2,1H3. The van der Waals surface area contributed by atoms with Crippen LogP contribution in [0.25, 0.3) is 5.57 Å². The number of rotatable bonds is 2. The highest BCUT2D eigenvalue weighted by atomic mass is 19.1. The second-order valence-electron chi connectivity index (χ2n) is 8.20. The molecule has 5 rings (SSSR count). The summed E-state index contributed by atoms with van der Waals surface area (Å²) in [6, 6.07) is 1.85. The van der Waals surface area contributed by atoms with Gasteiger partial charge in [0.15, 0.2) is 5.82 Å². The van der Waals surface area contributed by atoms with E-state index in [0.29, 0.717) is 29.1 Å². The Balaban J connectivity index is 1.61. The van der Waals surface area contributed by atoms with Crippen LogP contribution in [-0.4, -0.2) is 19.1 Å². The maximum Gasteiger partial charge on any atom is 0.173 e. The third-order valence-electron chi connectivity index (χ3n) is 6.54. The first kappa shape index (κ1) is 15.4. The summed E-state index contributed by atoms with van der Waals surface area (Å²) < 4.78 is 30.5. The molecule has 25 heavy (non-hydrogen) atoms. The number of halogens is 2. The lowest BCUT2D eigenvalue weighted by molar-refractivity contribution is 0.494. The van der Waals surface area contributed by atoms with Crippen molar-refractivity contribution in [3.05, 3.63) is 41.6 Å². The molecule has 0 aromatic heterocycles. The van der Waals surface area contributed by atoms with Crippen molar-refractivity contribution >= 4 is 16.9 Å². The molecule has 1 aromatic rings. The summed E-state index contributed by atoms with van der Waals surface area (Å²) in [6.07, 6.45) is 7.78. The SMILES string of the molecule is C=C1C(C)=CN(C2CC2)c2c1cc(F)c(N1CC3CCCC3C1)c2F. The van der Waals surface area contributed by atoms with Crippen LogP contribution >= 0.6 is 0 Å². The fraction of sp³-hybridized carbons (Fsp3) is 0.524. The Labute approximate surface area is 147 Å². The van der Waals surface area contributed by atoms with Gasteiger partial charge in [0.05, 0.1) is 5.69 Å². The van der Waals surface area contributed by atoms with E-state index in [4.69, 9.17) is 0 Å². The molecule has 0 spiro atoms. The first-order valence-corrected chi connectivity index (χ1v) is 9.48. The van der Waals surface area contributed by atoms with Gasteiger partial charge in [0.25, 0.3) is 0 Å². The number of anilines is 2. The predicted octanol–water partition coefficient (Wildman–Crippen LogP) is 5.10. The predicted molar refractivity (Wildman–Crippen MR) is 97.7 cm³/mol. The third kappa shape index (κ3) is 2.26. The number of fused-ring (bicyclic) bond motifs is 2. The number of hydrogen-bond acceptors (Lipinski definition) is 2. The fourth-order valence-electron chi connectivity index (χ4n) is 4.99. The molecule has 2 nitrogen and oxygen atoms in total. The fourth-order valence-corrected chi connectivity index (χ4v) is 4.99. The minimum atomic E-state index is -0.442. The zero-order valence-electron chi connectivity index (χ0n) is 14.7. The Morgan fingerprint density at radius 3 is 2.36 bits per heavy atom. The average molecular weight is 342 g/mol. The first-order valence-electron chi connectivity index (χ1n) is 9.48. The highest BCUT2D eigenvalue weighted by Crippen LogP contribution is 2.48. The normalized spacial score (nSPS) is 28.3. The third-order valence-corrected chi connectivity index (χ3v) is 6.54. The van der Waals surface area contributed by atoms with Crippen LogP contribution in [-0.2, 0) is 0 Å². The van der Waals surface area contributed by atoms with Crippen molar-refractivity contribution in [3.63, 3.8) is 0 Å². The summed E-state index contributed by atoms with van der Waals surface area (Å²) in [6.45, 7) is 7.61. The summed E-state index contributed by atoms with van der Waals surface area (Å²) in [5.74, 6) is 0.368. The van der Waals surface area contributed by atoms with Gasteiger partial charge in [0, 0.05) is 30.9 Å². The van der Waals surface area contributed by atoms with Gasteiger partial charge in [-0.3, -0.25) is 0 Å². The van der Waals surface area contributed by atoms with Gasteiger partial charge in [-0.25, -0.2) is 8.78 Å². The Morgan fingerprint density at radius 2 is 1.72 bits per heavy atom. The molecule has 2 aliphatic heterocycles. The van der Waals surface area contributed by atoms with Crippen molar-refractivity contribution in [2.75, 3.05) is 22.9 Å². The lowest BCUT2D eigenvalue weighted by Gasteiger charge is -2.32. The van der Waals surface area contributed by atoms with Crippen LogP contribution in [0, 0.1) is 23.5 Å². The van der Waals surface area contributed by atoms with E-state index in [1.54, 1.807) is 0 Å². The molecule has 4 aliphatic rings. The van der Waals surface area contributed by atoms with E-state index in [0.717, 1.165) is 37.1 Å². The van der Waals surface area contributed by atoms with Crippen LogP contribution in [0.3, 0.4) is 0 Å². The molecule has 2 atom stereocenters. The molecule has 0 amide bonds. The maximum atomic E-state index is 15.6. The van der Waals surface area contributed by atoms with Gasteiger partial charge in [-0.05, 0) is 61.7 Å². The molecule has 4 heteroatoms. The summed E-state index contributed by atoms with van der Waals surface area (Å²) in [4.78, 5) is 3.98. The van der Waals surface area contributed by atoms with Crippen molar-refractivity contribution < 1.29 is 8.78 Å². The van der Waals surface area contributed by atoms with E-state index >= 15 is 4.39 Å². The lowest BCUT2D eigenvalue weighted by atomic mass is 9.94. The molecule has 2 saturated carbocycles. The summed E-state index contributed by atoms with van der Waals surface area (Å²) in [5.41, 5.74) is 3.05. The Kier molecular flexibility index (Phi) is 3.28. The van der Waals surface area contributed by atoms with E-state index in [-0.39, 0.29) is 5.69 Å². The Bertz CT molecular complexity index is 782. The minimum absolute atomic E-state index is 0.180. The Morgan fingerprint density at radius 1 is 1.04 bits per heavy atom. The summed E-state index contributed by atoms with van der Waals surface area (Å²) in [5, 5.41) is 0. The van der Waals surface area contributed by atoms with Crippen molar-refractivity contribution in [1.82, 2.24) is 0 Å². The molecule has 1 aromatic carbocycles. The smallest absolute Gasteiger partial charge is 0.173 e. The Hall–Kier alpha value is -1.84. The molecule has 2 unspecified atom stereocenters. The van der Waals surface area contributed by atoms with Gasteiger partial charge in [0.1, 0.15) is 11.5 Å². The molecule has 0 radical (unpaired) electrons. The first-order chi connectivity index (χ1) is 12.0. The van der Waals surface area contributed by atoms with Crippen LogP contribution in [0.2, 0.25) is 0 Å². The number of nitrogens with zero attached hydrogens (tertiary/aromatic N) is 2. The van der Waals surface area contributed by atoms with Gasteiger partial charge >= 0.3 is 0 Å². The van der Waals surface area contributed by atoms with Crippen molar-refractivity contribution in [2.24, 2.45) is 11.8 Å². The summed E-state index contributed by atoms with van der Waals surface area (Å²) in [7, 11) is 0. The van der Waals surface area contributed by atoms with E-state index < -0.39 is 11.6 Å². The number of hydrogen-bond donors (Lipinski definition) is 0. The molecular formula is C21H24F2N2. The zero-order valence-corrected chi connectivity index (χ0v) is 14.7. The minimum Gasteiger partial charge on any atom is -0.366 e. The van der Waals surface area contributed by atoms with Gasteiger partial charge in [-0.2, -0.15) is 0 Å². The molecule has 3 fully saturated rings. The number of benzene rings is 1. The van der Waals surface area contributed by atoms with E-state index in [9.17, 15) is 4.39 Å². The number of allylic oxidation sites excluding steroid dienone is 2. The van der Waals surface area contributed by atoms with Crippen LogP contribution in [0.4, 0.5) is 20.2 Å². The van der Waals surface area contributed by atoms with Crippen molar-refractivity contribution in [3.8, 4) is 0 Å². The van der Waals surface area contributed by atoms with Crippen molar-refractivity contribution in [1.29, 1.82) is 0 Å². The second-order valence-corrected chi connectivity index (χ2v) is 8.20. The van der Waals surface area contributed by atoms with Crippen LogP contribution in [0.1, 0.15) is 44.6 Å². The van der Waals surface area contributed by atoms with Gasteiger partial charge in [0.2, 0.25) is 0 Å². The largest absolute Gasteiger partial charge is 0.366 e. The highest BCUT2D eigenvalue weighted by molar-refractivity contribution is 5.90. The molecule has 0 N–H and O–H groups in total. The van der Waals surface area contributed by atoms with Gasteiger partial charge in [-0.15, -0.1) is 0 Å². The van der Waals surface area contributed by atoms with E-state index in [1.165, 1.54) is 25.3 Å². The maximum absolute atomic E-state index is 15.6. The topological polar surface area (TPSA) is 6.48 Å². The quantitative estimate of drug-likeness (QED) is 0.738. The van der Waals surface area contributed by atoms with E-state index in [2.05, 4.69) is 6.58 Å². The van der Waals surface area contributed by atoms with Crippen LogP contribution in [0.5, 0.6) is 0 Å². The molecule has 2 aliphatic carbocycles. The van der Waals surface area contributed by atoms with Crippen molar-refractivity contribution in [2.45, 2.75) is 45.1 Å². The summed E-state index contributed by atoms with van der Waals surface area (Å²) >= 11 is 0. The average Bonchev–Trinajstić information content (AvgIpc) is 3.20. The molecule has 0 bridgehead atoms. The van der Waals surface area contributed by atoms with Crippen LogP contribution in [0.15, 0.2) is 24.4 Å². The molecule has 132 valence electrons. The van der Waals surface area contributed by atoms with Crippen LogP contribution < -0.4 is 9.80 Å².